The Morgan fingerprint density at radius 3 is 3.00 bits per heavy atom. The summed E-state index contributed by atoms with van der Waals surface area (Å²) in [6, 6.07) is 0. The highest BCUT2D eigenvalue weighted by Gasteiger charge is 1.90. The monoisotopic (exact) mass is 115 g/mol. The van der Waals surface area contributed by atoms with Crippen molar-refractivity contribution in [1.82, 2.24) is 10.9 Å². The van der Waals surface area contributed by atoms with Gasteiger partial charge in [0.05, 0.1) is 0 Å². The molecular weight excluding hydrogens is 108 g/mol. The van der Waals surface area contributed by atoms with Gasteiger partial charge in [0.15, 0.2) is 0 Å². The molecule has 1 amide bonds. The summed E-state index contributed by atoms with van der Waals surface area (Å²) in [5.74, 6) is 0. The van der Waals surface area contributed by atoms with Crippen molar-refractivity contribution in [2.75, 3.05) is 6.54 Å². The van der Waals surface area contributed by atoms with E-state index in [4.69, 9.17) is 5.11 Å². The molecule has 0 fully saturated rings. The van der Waals surface area contributed by atoms with Gasteiger partial charge in [-0.3, -0.25) is 0 Å². The molecule has 0 aromatic heterocycles. The number of carbonyl (C=O) groups is 1. The average molecular weight is 115 g/mol. The molecule has 45 valence electrons. The van der Waals surface area contributed by atoms with Gasteiger partial charge >= 0.3 is 6.09 Å². The zero-order valence-electron chi connectivity index (χ0n) is 4.29. The van der Waals surface area contributed by atoms with Crippen LogP contribution in [0.15, 0.2) is 12.7 Å². The fourth-order valence-corrected chi connectivity index (χ4v) is 0.178. The molecule has 0 spiro atoms. The Labute approximate surface area is 47.2 Å². The Morgan fingerprint density at radius 2 is 2.62 bits per heavy atom. The largest absolute Gasteiger partial charge is 0.463 e. The van der Waals surface area contributed by atoms with Gasteiger partial charge in [0, 0.05) is 6.54 Å². The molecule has 0 aliphatic carbocycles. The van der Waals surface area contributed by atoms with E-state index in [0.717, 1.165) is 0 Å². The lowest BCUT2D eigenvalue weighted by Gasteiger charge is -1.91. The van der Waals surface area contributed by atoms with E-state index in [2.05, 4.69) is 17.4 Å². The fraction of sp³-hybridized carbons (Fsp3) is 0.250. The predicted octanol–water partition coefficient (Wildman–Crippen LogP) is -0.0406. The van der Waals surface area contributed by atoms with Crippen LogP contribution in [0.3, 0.4) is 0 Å². The smallest absolute Gasteiger partial charge is 0.443 e. The number of amides is 1. The topological polar surface area (TPSA) is 63.4 Å². The van der Waals surface area contributed by atoms with Crippen LogP contribution in [-0.4, -0.2) is 17.7 Å². The Balaban J connectivity index is 2.93. The van der Waals surface area contributed by atoms with E-state index >= 15 is 0 Å². The third-order valence-corrected chi connectivity index (χ3v) is 0.410. The molecule has 0 saturated carbocycles. The summed E-state index contributed by atoms with van der Waals surface area (Å²) in [6.07, 6.45) is 0.304. The van der Waals surface area contributed by atoms with Crippen LogP contribution in [0.25, 0.3) is 0 Å². The first-order valence-electron chi connectivity index (χ1n) is 2.04. The van der Waals surface area contributed by atoms with Crippen LogP contribution in [0.2, 0.25) is 0 Å². The van der Waals surface area contributed by atoms with Crippen molar-refractivity contribution in [3.8, 4) is 0 Å². The van der Waals surface area contributed by atoms with Crippen molar-refractivity contribution >= 4 is 6.09 Å². The van der Waals surface area contributed by atoms with Gasteiger partial charge in [0.1, 0.15) is 0 Å². The molecule has 4 heteroatoms. The van der Waals surface area contributed by atoms with Gasteiger partial charge in [-0.25, -0.2) is 10.2 Å². The maximum Gasteiger partial charge on any atom is 0.443 e. The molecule has 8 heavy (non-hydrogen) atoms. The predicted molar refractivity (Wildman–Crippen MR) is 28.4 cm³/mol. The Morgan fingerprint density at radius 1 is 2.00 bits per heavy atom. The van der Waals surface area contributed by atoms with E-state index in [0.29, 0.717) is 6.54 Å². The summed E-state index contributed by atoms with van der Waals surface area (Å²) in [5.41, 5.74) is 5.15. The van der Waals surface area contributed by atoms with Crippen molar-refractivity contribution in [3.05, 3.63) is 12.7 Å². The minimum absolute atomic E-state index is 0.381. The maximum atomic E-state index is 9.61. The molecule has 0 aromatic carbocycles. The van der Waals surface area contributed by atoms with E-state index in [9.17, 15) is 4.79 Å². The van der Waals surface area contributed by atoms with Gasteiger partial charge in [-0.1, -0.05) is 6.08 Å². The molecule has 0 aliphatic rings. The lowest BCUT2D eigenvalue weighted by molar-refractivity contribution is 0.188. The molecule has 0 aromatic rings. The van der Waals surface area contributed by atoms with E-state index in [-0.39, 0.29) is 0 Å². The van der Waals surface area contributed by atoms with E-state index in [1.807, 2.05) is 0 Å². The summed E-state index contributed by atoms with van der Waals surface area (Å²) in [4.78, 5) is 9.61. The third-order valence-electron chi connectivity index (χ3n) is 0.410. The molecule has 0 unspecified atom stereocenters. The molecule has 1 radical (unpaired) electrons. The lowest BCUT2D eigenvalue weighted by atomic mass is 10.7. The van der Waals surface area contributed by atoms with Gasteiger partial charge in [0.2, 0.25) is 0 Å². The Kier molecular flexibility index (Phi) is 3.60. The molecule has 0 atom stereocenters. The van der Waals surface area contributed by atoms with Gasteiger partial charge in [-0.15, -0.1) is 12.0 Å². The standard InChI is InChI=1S/C4H7N2O2/c1-2-3-5-6-4(7)8/h2,5H,1,3H2,(H,7,8). The Hall–Kier alpha value is -1.03. The van der Waals surface area contributed by atoms with Crippen LogP contribution in [0.4, 0.5) is 4.79 Å². The molecule has 0 saturated heterocycles. The second-order valence-corrected chi connectivity index (χ2v) is 1.05. The number of rotatable bonds is 3. The first kappa shape index (κ1) is 6.97. The van der Waals surface area contributed by atoms with Gasteiger partial charge in [-0.2, -0.15) is 0 Å². The number of nitrogens with zero attached hydrogens (tertiary/aromatic N) is 1. The van der Waals surface area contributed by atoms with E-state index in [1.54, 1.807) is 0 Å². The summed E-state index contributed by atoms with van der Waals surface area (Å²) in [6.45, 7) is 3.72. The lowest BCUT2D eigenvalue weighted by Crippen LogP contribution is -2.28. The van der Waals surface area contributed by atoms with E-state index < -0.39 is 6.09 Å². The minimum atomic E-state index is -1.22. The Bertz CT molecular complexity index is 92.0. The normalized spacial score (nSPS) is 8.00. The summed E-state index contributed by atoms with van der Waals surface area (Å²) in [5, 5.41) is 7.88. The number of carboxylic acid groups (broad SMARTS) is 1. The molecule has 0 heterocycles. The number of hydrogen-bond donors (Lipinski definition) is 2. The van der Waals surface area contributed by atoms with Gasteiger partial charge in [0.25, 0.3) is 0 Å². The van der Waals surface area contributed by atoms with Crippen LogP contribution in [0.5, 0.6) is 0 Å². The minimum Gasteiger partial charge on any atom is -0.463 e. The fourth-order valence-electron chi connectivity index (χ4n) is 0.178. The number of nitrogens with one attached hydrogen (secondary N) is 1. The van der Waals surface area contributed by atoms with Crippen LogP contribution in [-0.2, 0) is 0 Å². The molecule has 0 aliphatic heterocycles. The number of hydrogen-bond acceptors (Lipinski definition) is 2. The highest BCUT2D eigenvalue weighted by Crippen LogP contribution is 1.58. The molecule has 0 rings (SSSR count). The van der Waals surface area contributed by atoms with Crippen LogP contribution >= 0.6 is 0 Å². The van der Waals surface area contributed by atoms with Crippen molar-refractivity contribution in [1.29, 1.82) is 0 Å². The van der Waals surface area contributed by atoms with Crippen molar-refractivity contribution < 1.29 is 9.90 Å². The average Bonchev–Trinajstić information content (AvgIpc) is 1.66. The second kappa shape index (κ2) is 4.14. The molecular formula is C4H7N2O2. The van der Waals surface area contributed by atoms with Crippen molar-refractivity contribution in [2.24, 2.45) is 0 Å². The van der Waals surface area contributed by atoms with Gasteiger partial charge < -0.3 is 5.11 Å². The zero-order valence-corrected chi connectivity index (χ0v) is 4.29. The SMILES string of the molecule is C=CCN[N]C(=O)O. The van der Waals surface area contributed by atoms with Crippen molar-refractivity contribution in [3.63, 3.8) is 0 Å². The van der Waals surface area contributed by atoms with Gasteiger partial charge in [-0.05, 0) is 0 Å². The summed E-state index contributed by atoms with van der Waals surface area (Å²) < 4.78 is 0. The maximum absolute atomic E-state index is 9.61. The first-order valence-corrected chi connectivity index (χ1v) is 2.04. The van der Waals surface area contributed by atoms with Crippen LogP contribution in [0, 0.1) is 0 Å². The first-order chi connectivity index (χ1) is 3.77. The quantitative estimate of drug-likeness (QED) is 0.308. The molecule has 4 nitrogen and oxygen atoms in total. The van der Waals surface area contributed by atoms with E-state index in [1.165, 1.54) is 6.08 Å². The zero-order chi connectivity index (χ0) is 6.41. The molecule has 2 N–H and O–H groups in total. The van der Waals surface area contributed by atoms with Crippen molar-refractivity contribution in [2.45, 2.75) is 0 Å². The highest BCUT2D eigenvalue weighted by atomic mass is 16.4. The summed E-state index contributed by atoms with van der Waals surface area (Å²) >= 11 is 0. The molecule has 0 bridgehead atoms. The summed E-state index contributed by atoms with van der Waals surface area (Å²) in [7, 11) is 0. The van der Waals surface area contributed by atoms with Crippen LogP contribution in [0.1, 0.15) is 0 Å². The van der Waals surface area contributed by atoms with Crippen LogP contribution < -0.4 is 10.9 Å². The third kappa shape index (κ3) is 4.97. The second-order valence-electron chi connectivity index (χ2n) is 1.05. The highest BCUT2D eigenvalue weighted by molar-refractivity contribution is 5.63.